The van der Waals surface area contributed by atoms with E-state index in [1.54, 1.807) is 0 Å². The summed E-state index contributed by atoms with van der Waals surface area (Å²) in [7, 11) is 0. The lowest BCUT2D eigenvalue weighted by Crippen LogP contribution is -2.62. The zero-order valence-corrected chi connectivity index (χ0v) is 19.8. The normalized spacial score (nSPS) is 30.5. The van der Waals surface area contributed by atoms with Crippen molar-refractivity contribution in [2.24, 2.45) is 23.7 Å². The molecule has 30 heavy (non-hydrogen) atoms. The van der Waals surface area contributed by atoms with Gasteiger partial charge in [0.05, 0.1) is 10.9 Å². The van der Waals surface area contributed by atoms with Gasteiger partial charge < -0.3 is 9.88 Å². The van der Waals surface area contributed by atoms with Gasteiger partial charge in [-0.3, -0.25) is 10.1 Å². The molecule has 0 aromatic carbocycles. The van der Waals surface area contributed by atoms with Crippen LogP contribution in [0.3, 0.4) is 0 Å². The van der Waals surface area contributed by atoms with E-state index in [4.69, 9.17) is 0 Å². The molecule has 4 aliphatic rings. The monoisotopic (exact) mass is 432 g/mol. The van der Waals surface area contributed by atoms with E-state index in [2.05, 4.69) is 41.0 Å². The molecule has 1 heterocycles. The molecule has 2 N–H and O–H groups in total. The Bertz CT molecular complexity index is 796. The molecule has 4 bridgehead atoms. The van der Waals surface area contributed by atoms with Crippen molar-refractivity contribution >= 4 is 23.7 Å². The van der Waals surface area contributed by atoms with E-state index in [9.17, 15) is 9.59 Å². The molecule has 1 aromatic heterocycles. The van der Waals surface area contributed by atoms with Crippen LogP contribution in [-0.4, -0.2) is 32.3 Å². The molecule has 166 valence electrons. The summed E-state index contributed by atoms with van der Waals surface area (Å²) in [5.41, 5.74) is 2.04. The number of aryl methyl sites for hydroxylation is 1. The van der Waals surface area contributed by atoms with Crippen molar-refractivity contribution in [3.8, 4) is 0 Å². The molecule has 5 rings (SSSR count). The van der Waals surface area contributed by atoms with E-state index < -0.39 is 0 Å². The van der Waals surface area contributed by atoms with Crippen molar-refractivity contribution in [2.45, 2.75) is 95.6 Å². The highest BCUT2D eigenvalue weighted by atomic mass is 32.2. The van der Waals surface area contributed by atoms with Crippen LogP contribution in [0, 0.1) is 37.5 Å². The topological polar surface area (TPSA) is 76.0 Å². The molecule has 4 aliphatic carbocycles. The van der Waals surface area contributed by atoms with Gasteiger partial charge in [0.2, 0.25) is 5.91 Å². The maximum atomic E-state index is 12.7. The zero-order valence-electron chi connectivity index (χ0n) is 19.0. The molecule has 1 unspecified atom stereocenters. The van der Waals surface area contributed by atoms with Crippen molar-refractivity contribution in [3.63, 3.8) is 0 Å². The van der Waals surface area contributed by atoms with Gasteiger partial charge >= 0.3 is 6.03 Å². The van der Waals surface area contributed by atoms with Gasteiger partial charge in [-0.25, -0.2) is 9.78 Å². The summed E-state index contributed by atoms with van der Waals surface area (Å²) in [6.45, 7) is 11.1. The minimum atomic E-state index is -0.390. The molecule has 0 saturated heterocycles. The third kappa shape index (κ3) is 4.41. The summed E-state index contributed by atoms with van der Waals surface area (Å²) in [5.74, 6) is 2.51. The van der Waals surface area contributed by atoms with E-state index in [0.29, 0.717) is 5.92 Å². The standard InChI is InChI=1S/C23H36N4O2S/c1-13(2)12-27-15(4)14(3)24-22(27)30-16(5)20(28)25-21(29)26-23-9-17-6-18(10-23)8-19(7-17)11-23/h13,16-19H,6-12H2,1-5H3,(H2,25,26,28,29). The number of rotatable bonds is 6. The molecular formula is C23H36N4O2S. The summed E-state index contributed by atoms with van der Waals surface area (Å²) in [6.07, 6.45) is 7.23. The van der Waals surface area contributed by atoms with Crippen molar-refractivity contribution < 1.29 is 9.59 Å². The quantitative estimate of drug-likeness (QED) is 0.652. The molecule has 7 heteroatoms. The maximum absolute atomic E-state index is 12.7. The highest BCUT2D eigenvalue weighted by Gasteiger charge is 2.51. The summed E-state index contributed by atoms with van der Waals surface area (Å²) in [4.78, 5) is 30.1. The number of thioether (sulfide) groups is 1. The summed E-state index contributed by atoms with van der Waals surface area (Å²) >= 11 is 1.43. The van der Waals surface area contributed by atoms with Gasteiger partial charge in [0.15, 0.2) is 5.16 Å². The predicted octanol–water partition coefficient (Wildman–Crippen LogP) is 4.43. The molecule has 1 aromatic rings. The SMILES string of the molecule is Cc1nc(SC(C)C(=O)NC(=O)NC23CC4CC(CC(C4)C2)C3)n(CC(C)C)c1C. The Balaban J connectivity index is 1.35. The number of imide groups is 1. The lowest BCUT2D eigenvalue weighted by molar-refractivity contribution is -0.119. The first kappa shape index (κ1) is 21.7. The second-order valence-corrected chi connectivity index (χ2v) is 11.8. The second kappa shape index (κ2) is 8.21. The average Bonchev–Trinajstić information content (AvgIpc) is 2.87. The fourth-order valence-corrected chi connectivity index (χ4v) is 7.27. The Morgan fingerprint density at radius 2 is 1.67 bits per heavy atom. The maximum Gasteiger partial charge on any atom is 0.321 e. The number of carbonyl (C=O) groups is 2. The molecule has 3 amide bonds. The van der Waals surface area contributed by atoms with Crippen molar-refractivity contribution in [2.75, 3.05) is 0 Å². The van der Waals surface area contributed by atoms with Gasteiger partial charge in [-0.15, -0.1) is 0 Å². The third-order valence-electron chi connectivity index (χ3n) is 7.28. The van der Waals surface area contributed by atoms with E-state index in [1.807, 2.05) is 13.8 Å². The fraction of sp³-hybridized carbons (Fsp3) is 0.783. The van der Waals surface area contributed by atoms with Gasteiger partial charge in [0.1, 0.15) is 0 Å². The van der Waals surface area contributed by atoms with Crippen LogP contribution in [0.2, 0.25) is 0 Å². The highest BCUT2D eigenvalue weighted by molar-refractivity contribution is 8.00. The summed E-state index contributed by atoms with van der Waals surface area (Å²) in [6, 6.07) is -0.327. The Morgan fingerprint density at radius 3 is 2.20 bits per heavy atom. The van der Waals surface area contributed by atoms with Crippen LogP contribution < -0.4 is 10.6 Å². The number of nitrogens with zero attached hydrogens (tertiary/aromatic N) is 2. The van der Waals surface area contributed by atoms with Crippen LogP contribution in [-0.2, 0) is 11.3 Å². The molecule has 6 nitrogen and oxygen atoms in total. The highest BCUT2D eigenvalue weighted by Crippen LogP contribution is 2.55. The fourth-order valence-electron chi connectivity index (χ4n) is 6.25. The molecular weight excluding hydrogens is 396 g/mol. The first-order valence-electron chi connectivity index (χ1n) is 11.5. The van der Waals surface area contributed by atoms with Crippen LogP contribution in [0.25, 0.3) is 0 Å². The van der Waals surface area contributed by atoms with Gasteiger partial charge in [-0.05, 0) is 83.0 Å². The largest absolute Gasteiger partial charge is 0.332 e. The lowest BCUT2D eigenvalue weighted by Gasteiger charge is -2.56. The zero-order chi connectivity index (χ0) is 21.6. The Kier molecular flexibility index (Phi) is 5.94. The minimum absolute atomic E-state index is 0.0861. The summed E-state index contributed by atoms with van der Waals surface area (Å²) in [5, 5.41) is 6.29. The van der Waals surface area contributed by atoms with Gasteiger partial charge in [-0.1, -0.05) is 25.6 Å². The smallest absolute Gasteiger partial charge is 0.321 e. The number of aromatic nitrogens is 2. The number of amides is 3. The first-order valence-corrected chi connectivity index (χ1v) is 12.4. The van der Waals surface area contributed by atoms with E-state index in [-0.39, 0.29) is 22.7 Å². The minimum Gasteiger partial charge on any atom is -0.332 e. The molecule has 0 radical (unpaired) electrons. The molecule has 4 saturated carbocycles. The van der Waals surface area contributed by atoms with Crippen molar-refractivity contribution in [1.82, 2.24) is 20.2 Å². The van der Waals surface area contributed by atoms with Crippen molar-refractivity contribution in [1.29, 1.82) is 0 Å². The van der Waals surface area contributed by atoms with Crippen LogP contribution in [0.15, 0.2) is 5.16 Å². The van der Waals surface area contributed by atoms with Gasteiger partial charge in [-0.2, -0.15) is 0 Å². The number of carbonyl (C=O) groups excluding carboxylic acids is 2. The van der Waals surface area contributed by atoms with Crippen LogP contribution in [0.5, 0.6) is 0 Å². The number of urea groups is 1. The lowest BCUT2D eigenvalue weighted by atomic mass is 9.53. The number of hydrogen-bond acceptors (Lipinski definition) is 4. The van der Waals surface area contributed by atoms with Crippen LogP contribution >= 0.6 is 11.8 Å². The molecule has 0 aliphatic heterocycles. The van der Waals surface area contributed by atoms with E-state index >= 15 is 0 Å². The molecule has 1 atom stereocenters. The Morgan fingerprint density at radius 1 is 1.10 bits per heavy atom. The number of nitrogens with one attached hydrogen (secondary N) is 2. The second-order valence-electron chi connectivity index (χ2n) is 10.5. The average molecular weight is 433 g/mol. The molecule has 0 spiro atoms. The number of hydrogen-bond donors (Lipinski definition) is 2. The molecule has 4 fully saturated rings. The summed E-state index contributed by atoms with van der Waals surface area (Å²) < 4.78 is 2.18. The van der Waals surface area contributed by atoms with E-state index in [0.717, 1.165) is 60.1 Å². The third-order valence-corrected chi connectivity index (χ3v) is 8.37. The van der Waals surface area contributed by atoms with Crippen LogP contribution in [0.4, 0.5) is 4.79 Å². The predicted molar refractivity (Wildman–Crippen MR) is 119 cm³/mol. The Hall–Kier alpha value is -1.50. The first-order chi connectivity index (χ1) is 14.1. The Labute approximate surface area is 184 Å². The van der Waals surface area contributed by atoms with Gasteiger partial charge in [0.25, 0.3) is 0 Å². The number of imidazole rings is 1. The van der Waals surface area contributed by atoms with E-state index in [1.165, 1.54) is 31.0 Å². The van der Waals surface area contributed by atoms with Crippen molar-refractivity contribution in [3.05, 3.63) is 11.4 Å². The van der Waals surface area contributed by atoms with Gasteiger partial charge in [0, 0.05) is 17.8 Å². The van der Waals surface area contributed by atoms with Crippen LogP contribution in [0.1, 0.15) is 70.7 Å².